The Morgan fingerprint density at radius 2 is 2.18 bits per heavy atom. The molecule has 0 radical (unpaired) electrons. The number of hydrogen-bond donors (Lipinski definition) is 1. The Morgan fingerprint density at radius 3 is 2.95 bits per heavy atom. The minimum absolute atomic E-state index is 0.0694. The van der Waals surface area contributed by atoms with Gasteiger partial charge in [0.2, 0.25) is 11.7 Å². The molecule has 118 valence electrons. The lowest BCUT2D eigenvalue weighted by molar-refractivity contribution is 0.317. The maximum absolute atomic E-state index is 5.43. The average molecular weight is 319 g/mol. The van der Waals surface area contributed by atoms with Crippen LogP contribution < -0.4 is 10.1 Å². The maximum Gasteiger partial charge on any atom is 0.243 e. The van der Waals surface area contributed by atoms with Gasteiger partial charge in [0.15, 0.2) is 0 Å². The summed E-state index contributed by atoms with van der Waals surface area (Å²) < 4.78 is 10.7. The molecule has 1 atom stereocenters. The first-order valence-corrected chi connectivity index (χ1v) is 8.73. The molecule has 0 saturated carbocycles. The number of benzene rings is 1. The second kappa shape index (κ2) is 7.15. The number of thioether (sulfide) groups is 1. The smallest absolute Gasteiger partial charge is 0.243 e. The Labute approximate surface area is 134 Å². The fourth-order valence-electron chi connectivity index (χ4n) is 2.58. The van der Waals surface area contributed by atoms with E-state index in [1.807, 2.05) is 36.0 Å². The highest BCUT2D eigenvalue weighted by atomic mass is 32.2. The fraction of sp³-hybridized carbons (Fsp3) is 0.500. The molecule has 1 N–H and O–H groups in total. The molecule has 1 saturated heterocycles. The van der Waals surface area contributed by atoms with Gasteiger partial charge in [-0.2, -0.15) is 16.7 Å². The second-order valence-electron chi connectivity index (χ2n) is 5.46. The van der Waals surface area contributed by atoms with E-state index in [0.29, 0.717) is 17.8 Å². The van der Waals surface area contributed by atoms with E-state index in [1.165, 1.54) is 24.3 Å². The summed E-state index contributed by atoms with van der Waals surface area (Å²) >= 11 is 2.02. The highest BCUT2D eigenvalue weighted by Crippen LogP contribution is 2.24. The quantitative estimate of drug-likeness (QED) is 0.912. The molecule has 1 aliphatic rings. The van der Waals surface area contributed by atoms with Crippen molar-refractivity contribution in [3.8, 4) is 17.1 Å². The van der Waals surface area contributed by atoms with Crippen molar-refractivity contribution in [2.45, 2.75) is 31.8 Å². The highest BCUT2D eigenvalue weighted by Gasteiger charge is 2.20. The third-order valence-electron chi connectivity index (χ3n) is 3.85. The number of aromatic nitrogens is 2. The van der Waals surface area contributed by atoms with Gasteiger partial charge in [-0.15, -0.1) is 0 Å². The van der Waals surface area contributed by atoms with Gasteiger partial charge in [0.1, 0.15) is 5.75 Å². The predicted octanol–water partition coefficient (Wildman–Crippen LogP) is 3.29. The zero-order chi connectivity index (χ0) is 15.4. The first-order chi connectivity index (χ1) is 10.8. The standard InChI is InChI=1S/C16H21N3O2S/c1-11(17-13-6-8-22-9-7-13)16-18-15(19-21-16)12-4-3-5-14(10-12)20-2/h3-5,10-11,13,17H,6-9H2,1-2H3. The summed E-state index contributed by atoms with van der Waals surface area (Å²) in [6.07, 6.45) is 2.40. The van der Waals surface area contributed by atoms with Crippen LogP contribution in [0.5, 0.6) is 5.75 Å². The van der Waals surface area contributed by atoms with Crippen LogP contribution in [0.4, 0.5) is 0 Å². The fourth-order valence-corrected chi connectivity index (χ4v) is 3.69. The molecule has 0 amide bonds. The summed E-state index contributed by atoms with van der Waals surface area (Å²) in [4.78, 5) is 4.52. The van der Waals surface area contributed by atoms with E-state index in [0.717, 1.165) is 11.3 Å². The molecule has 6 heteroatoms. The van der Waals surface area contributed by atoms with Crippen LogP contribution in [-0.2, 0) is 0 Å². The van der Waals surface area contributed by atoms with Crippen LogP contribution in [0, 0.1) is 0 Å². The summed E-state index contributed by atoms with van der Waals surface area (Å²) in [5, 5.41) is 7.68. The van der Waals surface area contributed by atoms with Crippen LogP contribution in [-0.4, -0.2) is 34.8 Å². The zero-order valence-electron chi connectivity index (χ0n) is 12.9. The third-order valence-corrected chi connectivity index (χ3v) is 4.90. The van der Waals surface area contributed by atoms with Gasteiger partial charge in [-0.1, -0.05) is 17.3 Å². The molecular formula is C16H21N3O2S. The Bertz CT molecular complexity index is 611. The van der Waals surface area contributed by atoms with Gasteiger partial charge in [0.25, 0.3) is 0 Å². The molecule has 1 aliphatic heterocycles. The van der Waals surface area contributed by atoms with Crippen molar-refractivity contribution >= 4 is 11.8 Å². The molecule has 1 fully saturated rings. The molecule has 1 aromatic carbocycles. The summed E-state index contributed by atoms with van der Waals surface area (Å²) in [7, 11) is 1.65. The minimum Gasteiger partial charge on any atom is -0.497 e. The van der Waals surface area contributed by atoms with Gasteiger partial charge >= 0.3 is 0 Å². The molecule has 0 spiro atoms. The number of rotatable bonds is 5. The monoisotopic (exact) mass is 319 g/mol. The van der Waals surface area contributed by atoms with Gasteiger partial charge in [0, 0.05) is 11.6 Å². The molecular weight excluding hydrogens is 298 g/mol. The number of ether oxygens (including phenoxy) is 1. The molecule has 5 nitrogen and oxygen atoms in total. The molecule has 0 bridgehead atoms. The molecule has 1 aromatic heterocycles. The van der Waals surface area contributed by atoms with Crippen LogP contribution in [0.3, 0.4) is 0 Å². The van der Waals surface area contributed by atoms with Gasteiger partial charge in [-0.25, -0.2) is 0 Å². The van der Waals surface area contributed by atoms with Crippen molar-refractivity contribution in [3.05, 3.63) is 30.2 Å². The van der Waals surface area contributed by atoms with Crippen molar-refractivity contribution in [2.24, 2.45) is 0 Å². The molecule has 2 aromatic rings. The van der Waals surface area contributed by atoms with Gasteiger partial charge < -0.3 is 14.6 Å². The van der Waals surface area contributed by atoms with Crippen LogP contribution in [0.2, 0.25) is 0 Å². The Balaban J connectivity index is 1.69. The number of methoxy groups -OCH3 is 1. The van der Waals surface area contributed by atoms with E-state index >= 15 is 0 Å². The molecule has 1 unspecified atom stereocenters. The van der Waals surface area contributed by atoms with Crippen molar-refractivity contribution in [1.29, 1.82) is 0 Å². The van der Waals surface area contributed by atoms with Crippen molar-refractivity contribution in [3.63, 3.8) is 0 Å². The van der Waals surface area contributed by atoms with Crippen molar-refractivity contribution in [1.82, 2.24) is 15.5 Å². The summed E-state index contributed by atoms with van der Waals surface area (Å²) in [5.41, 5.74) is 0.899. The summed E-state index contributed by atoms with van der Waals surface area (Å²) in [6.45, 7) is 2.07. The number of hydrogen-bond acceptors (Lipinski definition) is 6. The minimum atomic E-state index is 0.0694. The Kier molecular flexibility index (Phi) is 5.00. The first kappa shape index (κ1) is 15.4. The van der Waals surface area contributed by atoms with E-state index in [1.54, 1.807) is 7.11 Å². The Hall–Kier alpha value is -1.53. The Morgan fingerprint density at radius 1 is 1.36 bits per heavy atom. The van der Waals surface area contributed by atoms with Crippen molar-refractivity contribution < 1.29 is 9.26 Å². The molecule has 0 aliphatic carbocycles. The van der Waals surface area contributed by atoms with Crippen LogP contribution in [0.1, 0.15) is 31.7 Å². The second-order valence-corrected chi connectivity index (χ2v) is 6.69. The highest BCUT2D eigenvalue weighted by molar-refractivity contribution is 7.99. The average Bonchev–Trinajstić information content (AvgIpc) is 3.06. The lowest BCUT2D eigenvalue weighted by Gasteiger charge is -2.24. The van der Waals surface area contributed by atoms with E-state index in [4.69, 9.17) is 9.26 Å². The zero-order valence-corrected chi connectivity index (χ0v) is 13.7. The van der Waals surface area contributed by atoms with Crippen LogP contribution in [0.25, 0.3) is 11.4 Å². The topological polar surface area (TPSA) is 60.2 Å². The van der Waals surface area contributed by atoms with Crippen molar-refractivity contribution in [2.75, 3.05) is 18.6 Å². The SMILES string of the molecule is COc1cccc(-c2noc(C(C)NC3CCSCC3)n2)c1. The van der Waals surface area contributed by atoms with Gasteiger partial charge in [0.05, 0.1) is 13.2 Å². The molecule has 2 heterocycles. The maximum atomic E-state index is 5.43. The summed E-state index contributed by atoms with van der Waals surface area (Å²) in [6, 6.07) is 8.29. The lowest BCUT2D eigenvalue weighted by Crippen LogP contribution is -2.34. The largest absolute Gasteiger partial charge is 0.497 e. The lowest BCUT2D eigenvalue weighted by atomic mass is 10.1. The van der Waals surface area contributed by atoms with Crippen LogP contribution >= 0.6 is 11.8 Å². The van der Waals surface area contributed by atoms with E-state index < -0.39 is 0 Å². The first-order valence-electron chi connectivity index (χ1n) is 7.58. The normalized spacial score (nSPS) is 17.4. The predicted molar refractivity (Wildman–Crippen MR) is 88.2 cm³/mol. The van der Waals surface area contributed by atoms with E-state index in [2.05, 4.69) is 22.4 Å². The van der Waals surface area contributed by atoms with Gasteiger partial charge in [-0.3, -0.25) is 0 Å². The molecule has 3 rings (SSSR count). The third kappa shape index (κ3) is 3.62. The van der Waals surface area contributed by atoms with Crippen LogP contribution in [0.15, 0.2) is 28.8 Å². The van der Waals surface area contributed by atoms with E-state index in [-0.39, 0.29) is 6.04 Å². The number of nitrogens with one attached hydrogen (secondary N) is 1. The molecule has 22 heavy (non-hydrogen) atoms. The van der Waals surface area contributed by atoms with E-state index in [9.17, 15) is 0 Å². The van der Waals surface area contributed by atoms with Gasteiger partial charge in [-0.05, 0) is 43.4 Å². The number of nitrogens with zero attached hydrogens (tertiary/aromatic N) is 2. The summed E-state index contributed by atoms with van der Waals surface area (Å²) in [5.74, 6) is 4.47.